The lowest BCUT2D eigenvalue weighted by molar-refractivity contribution is -0.140. The SMILES string of the molecule is NCC(N)(C(=O)O)C(=O)c1ccccc1O. The molecule has 0 spiro atoms. The van der Waals surface area contributed by atoms with E-state index in [1.165, 1.54) is 24.3 Å². The number of carbonyl (C=O) groups is 2. The standard InChI is InChI=1S/C10H12N2O4/c11-5-10(12,9(15)16)8(14)6-3-1-2-4-7(6)13/h1-4,13H,5,11-12H2,(H,15,16). The lowest BCUT2D eigenvalue weighted by atomic mass is 9.90. The second-order valence-electron chi connectivity index (χ2n) is 3.33. The van der Waals surface area contributed by atoms with Gasteiger partial charge in [-0.25, -0.2) is 4.79 Å². The fourth-order valence-electron chi connectivity index (χ4n) is 1.18. The Morgan fingerprint density at radius 2 is 1.88 bits per heavy atom. The van der Waals surface area contributed by atoms with Gasteiger partial charge >= 0.3 is 5.97 Å². The van der Waals surface area contributed by atoms with Gasteiger partial charge in [0.1, 0.15) is 5.75 Å². The van der Waals surface area contributed by atoms with Crippen LogP contribution in [0.2, 0.25) is 0 Å². The van der Waals surface area contributed by atoms with Crippen LogP contribution in [0, 0.1) is 0 Å². The Labute approximate surface area is 91.5 Å². The average molecular weight is 224 g/mol. The number of benzene rings is 1. The summed E-state index contributed by atoms with van der Waals surface area (Å²) in [6, 6.07) is 5.56. The minimum absolute atomic E-state index is 0.155. The van der Waals surface area contributed by atoms with E-state index in [0.29, 0.717) is 0 Å². The molecule has 0 amide bonds. The first-order chi connectivity index (χ1) is 7.43. The number of carboxylic acid groups (broad SMARTS) is 1. The van der Waals surface area contributed by atoms with Crippen LogP contribution >= 0.6 is 0 Å². The molecule has 1 aromatic carbocycles. The number of aromatic hydroxyl groups is 1. The van der Waals surface area contributed by atoms with Gasteiger partial charge in [-0.15, -0.1) is 0 Å². The minimum Gasteiger partial charge on any atom is -0.507 e. The third-order valence-corrected chi connectivity index (χ3v) is 2.26. The van der Waals surface area contributed by atoms with Crippen LogP contribution in [0.15, 0.2) is 24.3 Å². The first-order valence-corrected chi connectivity index (χ1v) is 4.48. The average Bonchev–Trinajstić information content (AvgIpc) is 2.27. The van der Waals surface area contributed by atoms with Gasteiger partial charge in [0.2, 0.25) is 0 Å². The van der Waals surface area contributed by atoms with Gasteiger partial charge in [-0.2, -0.15) is 0 Å². The van der Waals surface area contributed by atoms with Crippen LogP contribution in [0.3, 0.4) is 0 Å². The van der Waals surface area contributed by atoms with Crippen molar-refractivity contribution in [3.8, 4) is 5.75 Å². The summed E-state index contributed by atoms with van der Waals surface area (Å²) in [6.45, 7) is -0.546. The molecule has 1 atom stereocenters. The van der Waals surface area contributed by atoms with Crippen molar-refractivity contribution in [2.75, 3.05) is 6.54 Å². The van der Waals surface area contributed by atoms with Crippen molar-refractivity contribution in [3.63, 3.8) is 0 Å². The number of ketones is 1. The highest BCUT2D eigenvalue weighted by atomic mass is 16.4. The topological polar surface area (TPSA) is 127 Å². The van der Waals surface area contributed by atoms with Gasteiger partial charge in [-0.05, 0) is 12.1 Å². The van der Waals surface area contributed by atoms with E-state index in [0.717, 1.165) is 0 Å². The number of carbonyl (C=O) groups excluding carboxylic acids is 1. The second kappa shape index (κ2) is 4.30. The van der Waals surface area contributed by atoms with Crippen LogP contribution in [0.25, 0.3) is 0 Å². The Hall–Kier alpha value is -1.92. The Morgan fingerprint density at radius 1 is 1.31 bits per heavy atom. The molecule has 1 aromatic rings. The Kier molecular flexibility index (Phi) is 3.26. The van der Waals surface area contributed by atoms with E-state index >= 15 is 0 Å². The van der Waals surface area contributed by atoms with E-state index in [2.05, 4.69) is 0 Å². The molecule has 6 heteroatoms. The Balaban J connectivity index is 3.21. The zero-order chi connectivity index (χ0) is 12.3. The number of para-hydroxylation sites is 1. The van der Waals surface area contributed by atoms with E-state index in [9.17, 15) is 14.7 Å². The van der Waals surface area contributed by atoms with Gasteiger partial charge in [-0.1, -0.05) is 12.1 Å². The second-order valence-corrected chi connectivity index (χ2v) is 3.33. The van der Waals surface area contributed by atoms with Crippen molar-refractivity contribution in [2.45, 2.75) is 5.54 Å². The van der Waals surface area contributed by atoms with Crippen LogP contribution in [-0.4, -0.2) is 34.0 Å². The molecule has 0 aliphatic carbocycles. The van der Waals surface area contributed by atoms with Crippen molar-refractivity contribution < 1.29 is 19.8 Å². The molecule has 0 radical (unpaired) electrons. The van der Waals surface area contributed by atoms with Gasteiger partial charge in [0.25, 0.3) is 0 Å². The molecule has 0 fully saturated rings. The van der Waals surface area contributed by atoms with E-state index < -0.39 is 23.8 Å². The molecule has 86 valence electrons. The molecule has 1 rings (SSSR count). The molecule has 0 aliphatic heterocycles. The summed E-state index contributed by atoms with van der Waals surface area (Å²) < 4.78 is 0. The lowest BCUT2D eigenvalue weighted by Gasteiger charge is -2.21. The summed E-state index contributed by atoms with van der Waals surface area (Å²) >= 11 is 0. The molecule has 0 heterocycles. The number of phenolic OH excluding ortho intramolecular Hbond substituents is 1. The van der Waals surface area contributed by atoms with Crippen LogP contribution in [0.4, 0.5) is 0 Å². The quantitative estimate of drug-likeness (QED) is 0.396. The molecule has 6 nitrogen and oxygen atoms in total. The number of rotatable bonds is 4. The molecule has 0 aromatic heterocycles. The van der Waals surface area contributed by atoms with E-state index in [-0.39, 0.29) is 11.3 Å². The third-order valence-electron chi connectivity index (χ3n) is 2.26. The maximum absolute atomic E-state index is 11.8. The van der Waals surface area contributed by atoms with Gasteiger partial charge in [0.15, 0.2) is 11.3 Å². The van der Waals surface area contributed by atoms with Gasteiger partial charge in [0, 0.05) is 6.54 Å². The van der Waals surface area contributed by atoms with E-state index in [4.69, 9.17) is 16.6 Å². The van der Waals surface area contributed by atoms with Crippen LogP contribution in [-0.2, 0) is 4.79 Å². The number of hydrogen-bond donors (Lipinski definition) is 4. The maximum atomic E-state index is 11.8. The van der Waals surface area contributed by atoms with Crippen LogP contribution in [0.5, 0.6) is 5.75 Å². The predicted molar refractivity (Wildman–Crippen MR) is 56.0 cm³/mol. The molecule has 0 bridgehead atoms. The Morgan fingerprint density at radius 3 is 2.31 bits per heavy atom. The number of hydrogen-bond acceptors (Lipinski definition) is 5. The zero-order valence-corrected chi connectivity index (χ0v) is 8.38. The lowest BCUT2D eigenvalue weighted by Crippen LogP contribution is -2.60. The van der Waals surface area contributed by atoms with Crippen molar-refractivity contribution in [2.24, 2.45) is 11.5 Å². The molecule has 0 saturated heterocycles. The Bertz CT molecular complexity index is 433. The van der Waals surface area contributed by atoms with Crippen molar-refractivity contribution in [1.29, 1.82) is 0 Å². The molecular weight excluding hydrogens is 212 g/mol. The molecular formula is C10H12N2O4. The smallest absolute Gasteiger partial charge is 0.333 e. The number of Topliss-reactive ketones (excluding diaryl/α,β-unsaturated/α-hetero) is 1. The molecule has 0 aliphatic rings. The molecule has 16 heavy (non-hydrogen) atoms. The highest BCUT2D eigenvalue weighted by Crippen LogP contribution is 2.20. The van der Waals surface area contributed by atoms with E-state index in [1.54, 1.807) is 0 Å². The summed E-state index contributed by atoms with van der Waals surface area (Å²) in [6.07, 6.45) is 0. The summed E-state index contributed by atoms with van der Waals surface area (Å²) in [4.78, 5) is 22.7. The number of aliphatic carboxylic acids is 1. The first kappa shape index (κ1) is 12.2. The van der Waals surface area contributed by atoms with Gasteiger partial charge < -0.3 is 21.7 Å². The number of nitrogens with two attached hydrogens (primary N) is 2. The van der Waals surface area contributed by atoms with Crippen LogP contribution < -0.4 is 11.5 Å². The highest BCUT2D eigenvalue weighted by molar-refractivity contribution is 6.17. The highest BCUT2D eigenvalue weighted by Gasteiger charge is 2.42. The van der Waals surface area contributed by atoms with Crippen molar-refractivity contribution in [3.05, 3.63) is 29.8 Å². The predicted octanol–water partition coefficient (Wildman–Crippen LogP) is -0.684. The third kappa shape index (κ3) is 1.88. The number of carboxylic acids is 1. The van der Waals surface area contributed by atoms with Crippen LogP contribution in [0.1, 0.15) is 10.4 Å². The fourth-order valence-corrected chi connectivity index (χ4v) is 1.18. The summed E-state index contributed by atoms with van der Waals surface area (Å²) in [5.41, 5.74) is 8.22. The summed E-state index contributed by atoms with van der Waals surface area (Å²) in [5.74, 6) is -2.76. The summed E-state index contributed by atoms with van der Waals surface area (Å²) in [7, 11) is 0. The molecule has 1 unspecified atom stereocenters. The monoisotopic (exact) mass is 224 g/mol. The normalized spacial score (nSPS) is 14.1. The fraction of sp³-hybridized carbons (Fsp3) is 0.200. The van der Waals surface area contributed by atoms with E-state index in [1.807, 2.05) is 0 Å². The maximum Gasteiger partial charge on any atom is 0.333 e. The van der Waals surface area contributed by atoms with Gasteiger partial charge in [-0.3, -0.25) is 4.79 Å². The minimum atomic E-state index is -2.21. The summed E-state index contributed by atoms with van der Waals surface area (Å²) in [5, 5.41) is 18.3. The zero-order valence-electron chi connectivity index (χ0n) is 8.38. The number of phenols is 1. The largest absolute Gasteiger partial charge is 0.507 e. The van der Waals surface area contributed by atoms with Crippen molar-refractivity contribution in [1.82, 2.24) is 0 Å². The first-order valence-electron chi connectivity index (χ1n) is 4.48. The van der Waals surface area contributed by atoms with Gasteiger partial charge in [0.05, 0.1) is 5.56 Å². The molecule has 6 N–H and O–H groups in total. The molecule has 0 saturated carbocycles. The van der Waals surface area contributed by atoms with Crippen molar-refractivity contribution >= 4 is 11.8 Å².